The van der Waals surface area contributed by atoms with Gasteiger partial charge in [0.2, 0.25) is 0 Å². The van der Waals surface area contributed by atoms with E-state index in [1.54, 1.807) is 24.3 Å². The number of imide groups is 1. The highest BCUT2D eigenvalue weighted by Crippen LogP contribution is 2.38. The maximum Gasteiger partial charge on any atom is 0.340 e. The maximum atomic E-state index is 13.7. The van der Waals surface area contributed by atoms with Gasteiger partial charge in [0.1, 0.15) is 10.6 Å². The minimum Gasteiger partial charge on any atom is -0.462 e. The lowest BCUT2D eigenvalue weighted by molar-refractivity contribution is -0.120. The smallest absolute Gasteiger partial charge is 0.340 e. The molecule has 3 aromatic carbocycles. The number of nitrogens with one attached hydrogen (secondary N) is 1. The molecule has 0 fully saturated rings. The Morgan fingerprint density at radius 3 is 2.26 bits per heavy atom. The first-order valence-electron chi connectivity index (χ1n) is 11.5. The van der Waals surface area contributed by atoms with Crippen LogP contribution in [0.2, 0.25) is 0 Å². The van der Waals surface area contributed by atoms with Gasteiger partial charge in [0.15, 0.2) is 0 Å². The average Bonchev–Trinajstić information content (AvgIpc) is 3.12. The van der Waals surface area contributed by atoms with Crippen molar-refractivity contribution < 1.29 is 19.1 Å². The summed E-state index contributed by atoms with van der Waals surface area (Å²) < 4.78 is 5.29. The molecule has 0 bridgehead atoms. The van der Waals surface area contributed by atoms with Crippen LogP contribution in [0.4, 0.5) is 11.4 Å². The van der Waals surface area contributed by atoms with Crippen LogP contribution in [-0.2, 0) is 20.7 Å². The molecule has 0 saturated carbocycles. The van der Waals surface area contributed by atoms with Gasteiger partial charge in [0, 0.05) is 10.6 Å². The summed E-state index contributed by atoms with van der Waals surface area (Å²) in [4.78, 5) is 42.1. The Bertz CT molecular complexity index is 1270. The van der Waals surface area contributed by atoms with E-state index in [-0.39, 0.29) is 28.5 Å². The second-order valence-corrected chi connectivity index (χ2v) is 8.98. The molecular formula is C28H26N2O4S. The van der Waals surface area contributed by atoms with Gasteiger partial charge in [0.25, 0.3) is 11.8 Å². The number of hydrogen-bond donors (Lipinski definition) is 1. The molecule has 3 aromatic rings. The molecule has 35 heavy (non-hydrogen) atoms. The summed E-state index contributed by atoms with van der Waals surface area (Å²) in [5.41, 5.74) is 2.40. The molecule has 0 aromatic heterocycles. The molecule has 1 aliphatic rings. The summed E-state index contributed by atoms with van der Waals surface area (Å²) >= 11 is 1.21. The van der Waals surface area contributed by atoms with Crippen LogP contribution >= 0.6 is 11.8 Å². The summed E-state index contributed by atoms with van der Waals surface area (Å²) in [5.74, 6) is -1.59. The van der Waals surface area contributed by atoms with E-state index in [1.165, 1.54) is 17.3 Å². The Hall–Kier alpha value is -3.84. The number of thioether (sulfide) groups is 1. The molecule has 6 nitrogen and oxygen atoms in total. The molecular weight excluding hydrogens is 460 g/mol. The maximum absolute atomic E-state index is 13.7. The standard InChI is InChI=1S/C28H26N2O4S/c1-3-18-34-28(33)22-12-8-9-13-23(22)30-26(31)24(29-20-16-14-19(4-2)15-17-20)25(27(30)32)35-21-10-6-5-7-11-21/h5-17,29H,3-4,18H2,1-2H3. The quantitative estimate of drug-likeness (QED) is 0.304. The van der Waals surface area contributed by atoms with Gasteiger partial charge in [-0.05, 0) is 54.8 Å². The van der Waals surface area contributed by atoms with Crippen LogP contribution in [0.25, 0.3) is 0 Å². The number of rotatable bonds is 9. The monoisotopic (exact) mass is 486 g/mol. The topological polar surface area (TPSA) is 75.7 Å². The van der Waals surface area contributed by atoms with Crippen molar-refractivity contribution in [1.29, 1.82) is 0 Å². The highest BCUT2D eigenvalue weighted by Gasteiger charge is 2.41. The highest BCUT2D eigenvalue weighted by molar-refractivity contribution is 8.04. The number of esters is 1. The van der Waals surface area contributed by atoms with Crippen LogP contribution in [0.3, 0.4) is 0 Å². The van der Waals surface area contributed by atoms with Gasteiger partial charge in [-0.3, -0.25) is 9.59 Å². The Labute approximate surface area is 209 Å². The first-order chi connectivity index (χ1) is 17.0. The molecule has 4 rings (SSSR count). The molecule has 0 spiro atoms. The van der Waals surface area contributed by atoms with E-state index in [9.17, 15) is 14.4 Å². The fourth-order valence-corrected chi connectivity index (χ4v) is 4.57. The number of carbonyl (C=O) groups is 3. The third-order valence-corrected chi connectivity index (χ3v) is 6.53. The first kappa shape index (κ1) is 24.3. The van der Waals surface area contributed by atoms with Gasteiger partial charge < -0.3 is 10.1 Å². The van der Waals surface area contributed by atoms with Crippen molar-refractivity contribution in [3.05, 3.63) is 101 Å². The van der Waals surface area contributed by atoms with Crippen molar-refractivity contribution >= 4 is 40.9 Å². The van der Waals surface area contributed by atoms with Crippen LogP contribution in [0.5, 0.6) is 0 Å². The number of nitrogens with zero attached hydrogens (tertiary/aromatic N) is 1. The number of carbonyl (C=O) groups excluding carboxylic acids is 3. The van der Waals surface area contributed by atoms with Gasteiger partial charge >= 0.3 is 5.97 Å². The minimum atomic E-state index is -0.572. The van der Waals surface area contributed by atoms with Gasteiger partial charge in [-0.25, -0.2) is 9.69 Å². The van der Waals surface area contributed by atoms with E-state index in [2.05, 4.69) is 12.2 Å². The third-order valence-electron chi connectivity index (χ3n) is 5.44. The number of aryl methyl sites for hydroxylation is 1. The predicted octanol–water partition coefficient (Wildman–Crippen LogP) is 5.81. The average molecular weight is 487 g/mol. The second-order valence-electron chi connectivity index (χ2n) is 7.89. The molecule has 0 aliphatic carbocycles. The van der Waals surface area contributed by atoms with Gasteiger partial charge in [-0.1, -0.05) is 68.1 Å². The van der Waals surface area contributed by atoms with E-state index in [4.69, 9.17) is 4.74 Å². The number of hydrogen-bond acceptors (Lipinski definition) is 6. The van der Waals surface area contributed by atoms with Crippen molar-refractivity contribution in [2.75, 3.05) is 16.8 Å². The molecule has 2 amide bonds. The number of amides is 2. The molecule has 1 aliphatic heterocycles. The molecule has 0 saturated heterocycles. The van der Waals surface area contributed by atoms with E-state index < -0.39 is 17.8 Å². The lowest BCUT2D eigenvalue weighted by atomic mass is 10.1. The van der Waals surface area contributed by atoms with Crippen LogP contribution in [0, 0.1) is 0 Å². The zero-order valence-corrected chi connectivity index (χ0v) is 20.4. The van der Waals surface area contributed by atoms with Crippen molar-refractivity contribution in [3.8, 4) is 0 Å². The van der Waals surface area contributed by atoms with E-state index in [1.807, 2.05) is 61.5 Å². The fourth-order valence-electron chi connectivity index (χ4n) is 3.62. The summed E-state index contributed by atoms with van der Waals surface area (Å²) in [7, 11) is 0. The zero-order valence-electron chi connectivity index (χ0n) is 19.6. The molecule has 1 heterocycles. The predicted molar refractivity (Wildman–Crippen MR) is 138 cm³/mol. The van der Waals surface area contributed by atoms with Gasteiger partial charge in [-0.2, -0.15) is 0 Å². The van der Waals surface area contributed by atoms with Gasteiger partial charge in [-0.15, -0.1) is 0 Å². The van der Waals surface area contributed by atoms with Crippen molar-refractivity contribution in [1.82, 2.24) is 0 Å². The first-order valence-corrected chi connectivity index (χ1v) is 12.3. The molecule has 7 heteroatoms. The molecule has 0 atom stereocenters. The normalized spacial score (nSPS) is 13.4. The van der Waals surface area contributed by atoms with Crippen molar-refractivity contribution in [2.24, 2.45) is 0 Å². The molecule has 178 valence electrons. The van der Waals surface area contributed by atoms with E-state index in [0.29, 0.717) is 12.1 Å². The Kier molecular flexibility index (Phi) is 7.67. The lowest BCUT2D eigenvalue weighted by Crippen LogP contribution is -2.33. The molecule has 1 N–H and O–H groups in total. The van der Waals surface area contributed by atoms with Crippen molar-refractivity contribution in [2.45, 2.75) is 31.6 Å². The van der Waals surface area contributed by atoms with Crippen LogP contribution in [0.15, 0.2) is 94.4 Å². The third kappa shape index (κ3) is 5.30. The number of benzene rings is 3. The van der Waals surface area contributed by atoms with Crippen LogP contribution in [-0.4, -0.2) is 24.4 Å². The largest absolute Gasteiger partial charge is 0.462 e. The van der Waals surface area contributed by atoms with Crippen molar-refractivity contribution in [3.63, 3.8) is 0 Å². The number of para-hydroxylation sites is 1. The minimum absolute atomic E-state index is 0.167. The summed E-state index contributed by atoms with van der Waals surface area (Å²) in [6.45, 7) is 4.22. The fraction of sp³-hybridized carbons (Fsp3) is 0.179. The summed E-state index contributed by atoms with van der Waals surface area (Å²) in [6.07, 6.45) is 1.56. The Morgan fingerprint density at radius 1 is 0.886 bits per heavy atom. The lowest BCUT2D eigenvalue weighted by Gasteiger charge is -2.18. The summed E-state index contributed by atoms with van der Waals surface area (Å²) in [6, 6.07) is 23.6. The molecule has 0 radical (unpaired) electrons. The zero-order chi connectivity index (χ0) is 24.8. The van der Waals surface area contributed by atoms with Crippen LogP contribution < -0.4 is 10.2 Å². The van der Waals surface area contributed by atoms with E-state index >= 15 is 0 Å². The highest BCUT2D eigenvalue weighted by atomic mass is 32.2. The number of ether oxygens (including phenoxy) is 1. The van der Waals surface area contributed by atoms with Gasteiger partial charge in [0.05, 0.1) is 17.9 Å². The van der Waals surface area contributed by atoms with Crippen LogP contribution in [0.1, 0.15) is 36.2 Å². The Balaban J connectivity index is 1.73. The number of anilines is 2. The Morgan fingerprint density at radius 2 is 1.57 bits per heavy atom. The SMILES string of the molecule is CCCOC(=O)c1ccccc1N1C(=O)C(Nc2ccc(CC)cc2)=C(Sc2ccccc2)C1=O. The summed E-state index contributed by atoms with van der Waals surface area (Å²) in [5, 5.41) is 3.16. The van der Waals surface area contributed by atoms with E-state index in [0.717, 1.165) is 16.2 Å². The molecule has 0 unspecified atom stereocenters. The second kappa shape index (κ2) is 11.1.